The molecule has 19 heavy (non-hydrogen) atoms. The summed E-state index contributed by atoms with van der Waals surface area (Å²) in [6, 6.07) is 8.64. The van der Waals surface area contributed by atoms with Gasteiger partial charge in [-0.2, -0.15) is 0 Å². The van der Waals surface area contributed by atoms with Crippen LogP contribution in [0.4, 0.5) is 0 Å². The molecule has 1 rings (SSSR count). The molecule has 0 bridgehead atoms. The third-order valence-corrected chi connectivity index (χ3v) is 3.27. The Morgan fingerprint density at radius 1 is 0.947 bits per heavy atom. The van der Waals surface area contributed by atoms with Crippen LogP contribution in [0, 0.1) is 0 Å². The van der Waals surface area contributed by atoms with Gasteiger partial charge in [0, 0.05) is 6.61 Å². The number of hydrogen-bond acceptors (Lipinski definition) is 2. The van der Waals surface area contributed by atoms with Crippen LogP contribution in [0.1, 0.15) is 50.7 Å². The zero-order chi connectivity index (χ0) is 13.8. The van der Waals surface area contributed by atoms with Crippen LogP contribution in [-0.4, -0.2) is 19.7 Å². The molecular weight excluding hydrogens is 234 g/mol. The predicted octanol–water partition coefficient (Wildman–Crippen LogP) is 3.94. The molecule has 1 N–H and O–H groups in total. The second-order valence-electron chi connectivity index (χ2n) is 5.03. The Morgan fingerprint density at radius 2 is 1.74 bits per heavy atom. The monoisotopic (exact) mass is 263 g/mol. The summed E-state index contributed by atoms with van der Waals surface area (Å²) in [4.78, 5) is 0. The Bertz CT molecular complexity index is 325. The van der Waals surface area contributed by atoms with Crippen molar-refractivity contribution in [2.75, 3.05) is 19.7 Å². The molecule has 0 saturated heterocycles. The zero-order valence-corrected chi connectivity index (χ0v) is 12.6. The lowest BCUT2D eigenvalue weighted by Crippen LogP contribution is -2.18. The van der Waals surface area contributed by atoms with Crippen molar-refractivity contribution in [1.82, 2.24) is 5.32 Å². The number of benzene rings is 1. The molecule has 0 spiro atoms. The highest BCUT2D eigenvalue weighted by Crippen LogP contribution is 2.11. The van der Waals surface area contributed by atoms with Crippen molar-refractivity contribution >= 4 is 0 Å². The van der Waals surface area contributed by atoms with Gasteiger partial charge in [-0.25, -0.2) is 0 Å². The number of rotatable bonds is 11. The topological polar surface area (TPSA) is 21.3 Å². The van der Waals surface area contributed by atoms with Crippen LogP contribution < -0.4 is 5.32 Å². The van der Waals surface area contributed by atoms with Crippen molar-refractivity contribution < 1.29 is 4.74 Å². The average Bonchev–Trinajstić information content (AvgIpc) is 2.45. The Morgan fingerprint density at radius 3 is 2.47 bits per heavy atom. The Balaban J connectivity index is 2.31. The number of nitrogens with one attached hydrogen (secondary N) is 1. The van der Waals surface area contributed by atoms with Crippen molar-refractivity contribution in [2.45, 2.75) is 52.6 Å². The third kappa shape index (κ3) is 7.34. The molecule has 2 heteroatoms. The molecule has 0 aromatic heterocycles. The Kier molecular flexibility index (Phi) is 9.38. The second kappa shape index (κ2) is 11.0. The minimum absolute atomic E-state index is 0.758. The van der Waals surface area contributed by atoms with E-state index in [0.717, 1.165) is 32.7 Å². The molecule has 2 nitrogen and oxygen atoms in total. The van der Waals surface area contributed by atoms with Gasteiger partial charge in [0.1, 0.15) is 0 Å². The molecule has 1 aromatic rings. The van der Waals surface area contributed by atoms with Gasteiger partial charge >= 0.3 is 0 Å². The third-order valence-electron chi connectivity index (χ3n) is 3.27. The van der Waals surface area contributed by atoms with Gasteiger partial charge in [0.25, 0.3) is 0 Å². The van der Waals surface area contributed by atoms with Gasteiger partial charge in [-0.3, -0.25) is 0 Å². The van der Waals surface area contributed by atoms with Crippen LogP contribution in [0.5, 0.6) is 0 Å². The van der Waals surface area contributed by atoms with E-state index < -0.39 is 0 Å². The number of hydrogen-bond donors (Lipinski definition) is 1. The zero-order valence-electron chi connectivity index (χ0n) is 12.6. The van der Waals surface area contributed by atoms with Gasteiger partial charge in [0.2, 0.25) is 0 Å². The molecule has 0 amide bonds. The van der Waals surface area contributed by atoms with Gasteiger partial charge in [-0.05, 0) is 43.5 Å². The molecule has 0 fully saturated rings. The van der Waals surface area contributed by atoms with E-state index in [1.807, 2.05) is 0 Å². The fourth-order valence-electron chi connectivity index (χ4n) is 2.10. The van der Waals surface area contributed by atoms with Crippen LogP contribution in [0.25, 0.3) is 0 Å². The largest absolute Gasteiger partial charge is 0.377 e. The first kappa shape index (κ1) is 16.2. The van der Waals surface area contributed by atoms with E-state index in [2.05, 4.69) is 43.4 Å². The minimum Gasteiger partial charge on any atom is -0.377 e. The summed E-state index contributed by atoms with van der Waals surface area (Å²) in [6.07, 6.45) is 5.99. The SMILES string of the molecule is CCCCCOCc1ccccc1CCNCCC. The van der Waals surface area contributed by atoms with E-state index in [9.17, 15) is 0 Å². The summed E-state index contributed by atoms with van der Waals surface area (Å²) in [5.74, 6) is 0. The van der Waals surface area contributed by atoms with Gasteiger partial charge in [-0.15, -0.1) is 0 Å². The molecule has 0 radical (unpaired) electrons. The van der Waals surface area contributed by atoms with Crippen molar-refractivity contribution in [3.05, 3.63) is 35.4 Å². The molecule has 108 valence electrons. The smallest absolute Gasteiger partial charge is 0.0719 e. The summed E-state index contributed by atoms with van der Waals surface area (Å²) in [6.45, 7) is 8.23. The molecule has 0 saturated carbocycles. The fraction of sp³-hybridized carbons (Fsp3) is 0.647. The summed E-state index contributed by atoms with van der Waals surface area (Å²) in [5, 5.41) is 3.45. The molecule has 1 aromatic carbocycles. The summed E-state index contributed by atoms with van der Waals surface area (Å²) in [7, 11) is 0. The maximum absolute atomic E-state index is 5.77. The molecule has 0 aliphatic rings. The summed E-state index contributed by atoms with van der Waals surface area (Å²) >= 11 is 0. The summed E-state index contributed by atoms with van der Waals surface area (Å²) < 4.78 is 5.77. The highest BCUT2D eigenvalue weighted by molar-refractivity contribution is 5.26. The minimum atomic E-state index is 0.758. The molecule has 0 aliphatic carbocycles. The van der Waals surface area contributed by atoms with Crippen molar-refractivity contribution in [3.8, 4) is 0 Å². The van der Waals surface area contributed by atoms with E-state index in [0.29, 0.717) is 0 Å². The number of ether oxygens (including phenoxy) is 1. The highest BCUT2D eigenvalue weighted by Gasteiger charge is 2.01. The van der Waals surface area contributed by atoms with Crippen LogP contribution in [0.2, 0.25) is 0 Å². The molecule has 0 aliphatic heterocycles. The van der Waals surface area contributed by atoms with Crippen LogP contribution in [0.15, 0.2) is 24.3 Å². The fourth-order valence-corrected chi connectivity index (χ4v) is 2.10. The Labute approximate surface area is 118 Å². The van der Waals surface area contributed by atoms with Crippen molar-refractivity contribution in [2.24, 2.45) is 0 Å². The van der Waals surface area contributed by atoms with E-state index >= 15 is 0 Å². The first-order valence-electron chi connectivity index (χ1n) is 7.73. The standard InChI is InChI=1S/C17H29NO/c1-3-5-8-14-19-15-17-10-7-6-9-16(17)11-13-18-12-4-2/h6-7,9-10,18H,3-5,8,11-15H2,1-2H3. The van der Waals surface area contributed by atoms with E-state index in [-0.39, 0.29) is 0 Å². The predicted molar refractivity (Wildman–Crippen MR) is 82.5 cm³/mol. The van der Waals surface area contributed by atoms with Gasteiger partial charge in [0.05, 0.1) is 6.61 Å². The van der Waals surface area contributed by atoms with E-state index in [1.54, 1.807) is 0 Å². The van der Waals surface area contributed by atoms with Crippen LogP contribution >= 0.6 is 0 Å². The van der Waals surface area contributed by atoms with Gasteiger partial charge in [0.15, 0.2) is 0 Å². The van der Waals surface area contributed by atoms with Crippen LogP contribution in [0.3, 0.4) is 0 Å². The van der Waals surface area contributed by atoms with E-state index in [1.165, 1.54) is 36.8 Å². The lowest BCUT2D eigenvalue weighted by atomic mass is 10.1. The Hall–Kier alpha value is -0.860. The van der Waals surface area contributed by atoms with Crippen LogP contribution in [-0.2, 0) is 17.8 Å². The number of unbranched alkanes of at least 4 members (excludes halogenated alkanes) is 2. The molecular formula is C17H29NO. The summed E-state index contributed by atoms with van der Waals surface area (Å²) in [5.41, 5.74) is 2.76. The van der Waals surface area contributed by atoms with E-state index in [4.69, 9.17) is 4.74 Å². The maximum atomic E-state index is 5.77. The van der Waals surface area contributed by atoms with Gasteiger partial charge < -0.3 is 10.1 Å². The molecule has 0 unspecified atom stereocenters. The quantitative estimate of drug-likeness (QED) is 0.611. The molecule has 0 atom stereocenters. The first-order chi connectivity index (χ1) is 9.38. The maximum Gasteiger partial charge on any atom is 0.0719 e. The normalized spacial score (nSPS) is 10.8. The van der Waals surface area contributed by atoms with Crippen molar-refractivity contribution in [1.29, 1.82) is 0 Å². The molecule has 0 heterocycles. The lowest BCUT2D eigenvalue weighted by Gasteiger charge is -2.10. The first-order valence-corrected chi connectivity index (χ1v) is 7.73. The van der Waals surface area contributed by atoms with Crippen molar-refractivity contribution in [3.63, 3.8) is 0 Å². The second-order valence-corrected chi connectivity index (χ2v) is 5.03. The van der Waals surface area contributed by atoms with Gasteiger partial charge in [-0.1, -0.05) is 51.0 Å². The lowest BCUT2D eigenvalue weighted by molar-refractivity contribution is 0.116. The average molecular weight is 263 g/mol. The highest BCUT2D eigenvalue weighted by atomic mass is 16.5.